The number of rotatable bonds is 4. The molecule has 0 radical (unpaired) electrons. The van der Waals surface area contributed by atoms with Gasteiger partial charge in [-0.15, -0.1) is 0 Å². The largest absolute Gasteiger partial charge is 0.478 e. The molecule has 0 fully saturated rings. The fourth-order valence-corrected chi connectivity index (χ4v) is 2.88. The summed E-state index contributed by atoms with van der Waals surface area (Å²) in [6.45, 7) is 5.90. The minimum absolute atomic E-state index is 0.0282. The molecule has 6 heteroatoms. The van der Waals surface area contributed by atoms with Crippen LogP contribution in [0.3, 0.4) is 0 Å². The van der Waals surface area contributed by atoms with Gasteiger partial charge in [-0.2, -0.15) is 0 Å². The first-order valence-electron chi connectivity index (χ1n) is 7.87. The van der Waals surface area contributed by atoms with Gasteiger partial charge >= 0.3 is 11.7 Å². The van der Waals surface area contributed by atoms with Gasteiger partial charge in [0.2, 0.25) is 0 Å². The van der Waals surface area contributed by atoms with Gasteiger partial charge in [0.25, 0.3) is 0 Å². The maximum atomic E-state index is 12.4. The molecule has 124 valence electrons. The first-order chi connectivity index (χ1) is 11.4. The van der Waals surface area contributed by atoms with Crippen molar-refractivity contribution < 1.29 is 9.90 Å². The number of pyridine rings is 1. The summed E-state index contributed by atoms with van der Waals surface area (Å²) in [6, 6.07) is 6.81. The van der Waals surface area contributed by atoms with Gasteiger partial charge in [-0.3, -0.25) is 4.57 Å². The lowest BCUT2D eigenvalue weighted by molar-refractivity contribution is 0.0697. The fraction of sp³-hybridized carbons (Fsp3) is 0.278. The van der Waals surface area contributed by atoms with E-state index in [1.807, 2.05) is 20.8 Å². The standard InChI is InChI=1S/C18H19N3O3/c1-4-11(3)21-16-15(20-18(21)24)13(7-8-19-16)14-9-12(17(22)23)6-5-10(14)2/h5-9,11H,4H2,1-3H3,(H,20,24)(H,22,23). The smallest absolute Gasteiger partial charge is 0.335 e. The number of aromatic nitrogens is 3. The zero-order chi connectivity index (χ0) is 17.4. The lowest BCUT2D eigenvalue weighted by atomic mass is 9.98. The Bertz CT molecular complexity index is 985. The van der Waals surface area contributed by atoms with E-state index in [1.165, 1.54) is 0 Å². The minimum Gasteiger partial charge on any atom is -0.478 e. The maximum absolute atomic E-state index is 12.4. The number of carboxylic acids is 1. The number of aromatic carboxylic acids is 1. The van der Waals surface area contributed by atoms with Gasteiger partial charge in [0.05, 0.1) is 11.1 Å². The van der Waals surface area contributed by atoms with Gasteiger partial charge < -0.3 is 10.1 Å². The molecular weight excluding hydrogens is 306 g/mol. The van der Waals surface area contributed by atoms with Crippen molar-refractivity contribution >= 4 is 17.1 Å². The minimum atomic E-state index is -0.979. The van der Waals surface area contributed by atoms with Gasteiger partial charge in [0.15, 0.2) is 5.65 Å². The zero-order valence-electron chi connectivity index (χ0n) is 13.8. The Morgan fingerprint density at radius 3 is 2.75 bits per heavy atom. The van der Waals surface area contributed by atoms with E-state index >= 15 is 0 Å². The summed E-state index contributed by atoms with van der Waals surface area (Å²) in [5, 5.41) is 9.24. The van der Waals surface area contributed by atoms with Crippen LogP contribution in [0.4, 0.5) is 0 Å². The third-order valence-corrected chi connectivity index (χ3v) is 4.42. The normalized spacial score (nSPS) is 12.5. The molecule has 0 saturated heterocycles. The van der Waals surface area contributed by atoms with E-state index in [0.717, 1.165) is 23.1 Å². The number of H-pyrrole nitrogens is 1. The van der Waals surface area contributed by atoms with Crippen LogP contribution in [0.2, 0.25) is 0 Å². The highest BCUT2D eigenvalue weighted by Gasteiger charge is 2.17. The van der Waals surface area contributed by atoms with Crippen molar-refractivity contribution in [3.8, 4) is 11.1 Å². The Hall–Kier alpha value is -2.89. The molecule has 2 N–H and O–H groups in total. The summed E-state index contributed by atoms with van der Waals surface area (Å²) in [5.41, 5.74) is 3.72. The third-order valence-electron chi connectivity index (χ3n) is 4.42. The molecule has 3 aromatic rings. The van der Waals surface area contributed by atoms with Crippen LogP contribution in [0.5, 0.6) is 0 Å². The van der Waals surface area contributed by atoms with Gasteiger partial charge in [-0.05, 0) is 49.6 Å². The van der Waals surface area contributed by atoms with Crippen molar-refractivity contribution in [1.29, 1.82) is 0 Å². The predicted octanol–water partition coefficient (Wildman–Crippen LogP) is 3.37. The number of imidazole rings is 1. The molecule has 24 heavy (non-hydrogen) atoms. The van der Waals surface area contributed by atoms with E-state index in [0.29, 0.717) is 11.2 Å². The molecule has 1 atom stereocenters. The number of fused-ring (bicyclic) bond motifs is 1. The van der Waals surface area contributed by atoms with Crippen LogP contribution in [0.25, 0.3) is 22.3 Å². The summed E-state index contributed by atoms with van der Waals surface area (Å²) < 4.78 is 1.65. The average Bonchev–Trinajstić information content (AvgIpc) is 2.90. The van der Waals surface area contributed by atoms with Crippen molar-refractivity contribution in [2.24, 2.45) is 0 Å². The lowest BCUT2D eigenvalue weighted by Gasteiger charge is -2.11. The Labute approximate surface area is 138 Å². The molecule has 0 saturated carbocycles. The van der Waals surface area contributed by atoms with E-state index < -0.39 is 5.97 Å². The quantitative estimate of drug-likeness (QED) is 0.770. The van der Waals surface area contributed by atoms with Crippen LogP contribution < -0.4 is 5.69 Å². The van der Waals surface area contributed by atoms with Crippen molar-refractivity contribution in [1.82, 2.24) is 14.5 Å². The van der Waals surface area contributed by atoms with Crippen LogP contribution in [-0.4, -0.2) is 25.6 Å². The van der Waals surface area contributed by atoms with Crippen molar-refractivity contribution in [2.75, 3.05) is 0 Å². The van der Waals surface area contributed by atoms with E-state index in [1.54, 1.807) is 35.0 Å². The van der Waals surface area contributed by atoms with Gasteiger partial charge in [0.1, 0.15) is 0 Å². The second kappa shape index (κ2) is 5.96. The summed E-state index contributed by atoms with van der Waals surface area (Å²) in [4.78, 5) is 30.9. The topological polar surface area (TPSA) is 88.0 Å². The Kier molecular flexibility index (Phi) is 3.97. The second-order valence-electron chi connectivity index (χ2n) is 5.95. The molecule has 1 aromatic carbocycles. The molecule has 3 rings (SSSR count). The zero-order valence-corrected chi connectivity index (χ0v) is 13.8. The number of carboxylic acid groups (broad SMARTS) is 1. The summed E-state index contributed by atoms with van der Waals surface area (Å²) >= 11 is 0. The van der Waals surface area contributed by atoms with Crippen molar-refractivity contribution in [3.63, 3.8) is 0 Å². The molecule has 6 nitrogen and oxygen atoms in total. The number of carbonyl (C=O) groups is 1. The molecule has 2 heterocycles. The van der Waals surface area contributed by atoms with Crippen LogP contribution >= 0.6 is 0 Å². The number of hydrogen-bond donors (Lipinski definition) is 2. The molecule has 2 aromatic heterocycles. The van der Waals surface area contributed by atoms with Gasteiger partial charge in [-0.1, -0.05) is 13.0 Å². The van der Waals surface area contributed by atoms with Crippen molar-refractivity contribution in [2.45, 2.75) is 33.2 Å². The molecule has 0 aliphatic carbocycles. The maximum Gasteiger partial charge on any atom is 0.335 e. The molecule has 0 aliphatic heterocycles. The summed E-state index contributed by atoms with van der Waals surface area (Å²) in [5.74, 6) is -0.979. The summed E-state index contributed by atoms with van der Waals surface area (Å²) in [7, 11) is 0. The van der Waals surface area contributed by atoms with E-state index in [4.69, 9.17) is 0 Å². The van der Waals surface area contributed by atoms with Crippen LogP contribution in [0.1, 0.15) is 42.2 Å². The molecule has 0 spiro atoms. The highest BCUT2D eigenvalue weighted by atomic mass is 16.4. The number of nitrogens with zero attached hydrogens (tertiary/aromatic N) is 2. The molecular formula is C18H19N3O3. The van der Waals surface area contributed by atoms with Gasteiger partial charge in [0, 0.05) is 17.8 Å². The number of hydrogen-bond acceptors (Lipinski definition) is 3. The fourth-order valence-electron chi connectivity index (χ4n) is 2.88. The number of aromatic amines is 1. The SMILES string of the molecule is CCC(C)n1c(=O)[nH]c2c(-c3cc(C(=O)O)ccc3C)ccnc21. The molecule has 0 bridgehead atoms. The summed E-state index contributed by atoms with van der Waals surface area (Å²) in [6.07, 6.45) is 2.46. The first kappa shape index (κ1) is 16.0. The Morgan fingerprint density at radius 2 is 2.08 bits per heavy atom. The van der Waals surface area contributed by atoms with Gasteiger partial charge in [-0.25, -0.2) is 14.6 Å². The molecule has 0 amide bonds. The van der Waals surface area contributed by atoms with E-state index in [2.05, 4.69) is 9.97 Å². The number of nitrogens with one attached hydrogen (secondary N) is 1. The highest BCUT2D eigenvalue weighted by molar-refractivity contribution is 5.94. The average molecular weight is 325 g/mol. The van der Waals surface area contributed by atoms with Crippen LogP contribution in [0.15, 0.2) is 35.3 Å². The van der Waals surface area contributed by atoms with E-state index in [-0.39, 0.29) is 17.3 Å². The molecule has 0 aliphatic rings. The van der Waals surface area contributed by atoms with E-state index in [9.17, 15) is 14.7 Å². The van der Waals surface area contributed by atoms with Crippen molar-refractivity contribution in [3.05, 3.63) is 52.1 Å². The Morgan fingerprint density at radius 1 is 1.33 bits per heavy atom. The van der Waals surface area contributed by atoms with Crippen LogP contribution in [0, 0.1) is 6.92 Å². The predicted molar refractivity (Wildman–Crippen MR) is 92.5 cm³/mol. The second-order valence-corrected chi connectivity index (χ2v) is 5.95. The highest BCUT2D eigenvalue weighted by Crippen LogP contribution is 2.30. The third kappa shape index (κ3) is 2.50. The lowest BCUT2D eigenvalue weighted by Crippen LogP contribution is -2.20. The molecule has 1 unspecified atom stereocenters. The monoisotopic (exact) mass is 325 g/mol. The number of aryl methyl sites for hydroxylation is 1. The first-order valence-corrected chi connectivity index (χ1v) is 7.87. The number of benzene rings is 1. The Balaban J connectivity index is 2.31. The van der Waals surface area contributed by atoms with Crippen LogP contribution in [-0.2, 0) is 0 Å².